The van der Waals surface area contributed by atoms with Crippen molar-refractivity contribution < 1.29 is 13.9 Å². The summed E-state index contributed by atoms with van der Waals surface area (Å²) >= 11 is 1.56. The molecule has 2 aromatic heterocycles. The minimum Gasteiger partial charge on any atom is -0.496 e. The van der Waals surface area contributed by atoms with Gasteiger partial charge in [0.05, 0.1) is 25.1 Å². The highest BCUT2D eigenvalue weighted by Gasteiger charge is 2.16. The Balaban J connectivity index is 1.50. The lowest BCUT2D eigenvalue weighted by atomic mass is 10.1. The zero-order valence-electron chi connectivity index (χ0n) is 16.8. The fourth-order valence-electron chi connectivity index (χ4n) is 3.04. The molecule has 0 aliphatic rings. The number of amides is 1. The van der Waals surface area contributed by atoms with Gasteiger partial charge in [0.15, 0.2) is 0 Å². The van der Waals surface area contributed by atoms with Crippen LogP contribution in [0.3, 0.4) is 0 Å². The maximum Gasteiger partial charge on any atom is 0.257 e. The van der Waals surface area contributed by atoms with E-state index in [-0.39, 0.29) is 12.5 Å². The van der Waals surface area contributed by atoms with Crippen LogP contribution in [0.25, 0.3) is 10.8 Å². The zero-order chi connectivity index (χ0) is 20.5. The Morgan fingerprint density at radius 2 is 2.10 bits per heavy atom. The van der Waals surface area contributed by atoms with Gasteiger partial charge in [-0.25, -0.2) is 0 Å². The van der Waals surface area contributed by atoms with Gasteiger partial charge in [-0.3, -0.25) is 9.69 Å². The van der Waals surface area contributed by atoms with Gasteiger partial charge in [-0.2, -0.15) is 0 Å². The molecule has 154 valence electrons. The van der Waals surface area contributed by atoms with Crippen LogP contribution in [0.1, 0.15) is 24.8 Å². The molecule has 3 rings (SSSR count). The van der Waals surface area contributed by atoms with Gasteiger partial charge in [0.2, 0.25) is 11.8 Å². The van der Waals surface area contributed by atoms with Crippen LogP contribution in [0.4, 0.5) is 0 Å². The molecule has 0 spiro atoms. The van der Waals surface area contributed by atoms with Crippen LogP contribution in [0.15, 0.2) is 46.2 Å². The van der Waals surface area contributed by atoms with Crippen LogP contribution in [-0.2, 0) is 17.8 Å². The van der Waals surface area contributed by atoms with Crippen molar-refractivity contribution in [1.82, 2.24) is 20.4 Å². The van der Waals surface area contributed by atoms with E-state index in [9.17, 15) is 4.79 Å². The molecule has 1 N–H and O–H groups in total. The van der Waals surface area contributed by atoms with E-state index in [1.54, 1.807) is 18.4 Å². The van der Waals surface area contributed by atoms with Crippen LogP contribution < -0.4 is 10.1 Å². The van der Waals surface area contributed by atoms with Crippen LogP contribution in [-0.4, -0.2) is 47.7 Å². The minimum absolute atomic E-state index is 0.0219. The van der Waals surface area contributed by atoms with Crippen LogP contribution >= 0.6 is 11.3 Å². The van der Waals surface area contributed by atoms with E-state index in [2.05, 4.69) is 22.4 Å². The van der Waals surface area contributed by atoms with E-state index < -0.39 is 0 Å². The molecule has 0 aliphatic heterocycles. The highest BCUT2D eigenvalue weighted by molar-refractivity contribution is 7.13. The predicted molar refractivity (Wildman–Crippen MR) is 113 cm³/mol. The fraction of sp³-hybridized carbons (Fsp3) is 0.381. The molecular formula is C21H26N4O3S. The molecule has 0 fully saturated rings. The number of carbonyl (C=O) groups is 1. The van der Waals surface area contributed by atoms with E-state index in [1.807, 2.05) is 46.7 Å². The summed E-state index contributed by atoms with van der Waals surface area (Å²) in [6.07, 6.45) is 1.65. The molecule has 0 aliphatic carbocycles. The Morgan fingerprint density at radius 1 is 1.24 bits per heavy atom. The number of methoxy groups -OCH3 is 1. The van der Waals surface area contributed by atoms with E-state index in [0.29, 0.717) is 24.9 Å². The number of hydrogen-bond acceptors (Lipinski definition) is 7. The van der Waals surface area contributed by atoms with Gasteiger partial charge in [-0.15, -0.1) is 21.5 Å². The molecule has 1 amide bonds. The summed E-state index contributed by atoms with van der Waals surface area (Å²) in [6, 6.07) is 11.7. The Morgan fingerprint density at radius 3 is 2.86 bits per heavy atom. The summed E-state index contributed by atoms with van der Waals surface area (Å²) in [6.45, 7) is 4.15. The van der Waals surface area contributed by atoms with Crippen LogP contribution in [0, 0.1) is 0 Å². The van der Waals surface area contributed by atoms with Gasteiger partial charge >= 0.3 is 0 Å². The van der Waals surface area contributed by atoms with Gasteiger partial charge in [0.1, 0.15) is 5.75 Å². The summed E-state index contributed by atoms with van der Waals surface area (Å²) in [5.74, 6) is 1.86. The lowest BCUT2D eigenvalue weighted by Gasteiger charge is -2.19. The van der Waals surface area contributed by atoms with Crippen LogP contribution in [0.5, 0.6) is 5.75 Å². The number of carbonyl (C=O) groups excluding carboxylic acids is 1. The quantitative estimate of drug-likeness (QED) is 0.518. The number of benzene rings is 1. The third kappa shape index (κ3) is 6.13. The molecule has 0 saturated heterocycles. The van der Waals surface area contributed by atoms with Gasteiger partial charge in [0, 0.05) is 6.54 Å². The molecule has 0 bridgehead atoms. The lowest BCUT2D eigenvalue weighted by molar-refractivity contribution is -0.122. The first-order chi connectivity index (χ1) is 14.2. The number of nitrogens with one attached hydrogen (secondary N) is 1. The summed E-state index contributed by atoms with van der Waals surface area (Å²) in [5.41, 5.74) is 1.08. The molecule has 2 heterocycles. The monoisotopic (exact) mass is 414 g/mol. The molecular weight excluding hydrogens is 388 g/mol. The van der Waals surface area contributed by atoms with Crippen molar-refractivity contribution in [3.05, 3.63) is 53.2 Å². The largest absolute Gasteiger partial charge is 0.496 e. The normalized spacial score (nSPS) is 11.0. The molecule has 0 atom stereocenters. The molecule has 1 aromatic carbocycles. The second-order valence-corrected chi connectivity index (χ2v) is 7.55. The second kappa shape index (κ2) is 10.7. The maximum absolute atomic E-state index is 12.4. The minimum atomic E-state index is -0.0219. The number of aromatic nitrogens is 2. The first-order valence-electron chi connectivity index (χ1n) is 9.66. The van der Waals surface area contributed by atoms with Crippen molar-refractivity contribution in [3.8, 4) is 16.5 Å². The molecule has 8 heteroatoms. The Bertz CT molecular complexity index is 895. The SMILES string of the molecule is CCCN(CC(=O)NCCc1ccccc1OC)Cc1nnc(-c2cccs2)o1. The van der Waals surface area contributed by atoms with E-state index in [4.69, 9.17) is 9.15 Å². The third-order valence-electron chi connectivity index (χ3n) is 4.37. The Kier molecular flexibility index (Phi) is 7.77. The highest BCUT2D eigenvalue weighted by Crippen LogP contribution is 2.23. The molecule has 0 unspecified atom stereocenters. The summed E-state index contributed by atoms with van der Waals surface area (Å²) in [4.78, 5) is 15.4. The topological polar surface area (TPSA) is 80.5 Å². The maximum atomic E-state index is 12.4. The van der Waals surface area contributed by atoms with Crippen molar-refractivity contribution in [1.29, 1.82) is 0 Å². The zero-order valence-corrected chi connectivity index (χ0v) is 17.6. The van der Waals surface area contributed by atoms with Crippen molar-refractivity contribution >= 4 is 17.2 Å². The van der Waals surface area contributed by atoms with Gasteiger partial charge in [-0.05, 0) is 42.5 Å². The molecule has 29 heavy (non-hydrogen) atoms. The Labute approximate surface area is 174 Å². The van der Waals surface area contributed by atoms with Crippen molar-refractivity contribution in [3.63, 3.8) is 0 Å². The van der Waals surface area contributed by atoms with E-state index >= 15 is 0 Å². The summed E-state index contributed by atoms with van der Waals surface area (Å²) < 4.78 is 11.1. The molecule has 0 saturated carbocycles. The summed E-state index contributed by atoms with van der Waals surface area (Å²) in [7, 11) is 1.65. The predicted octanol–water partition coefficient (Wildman–Crippen LogP) is 3.38. The average Bonchev–Trinajstić information content (AvgIpc) is 3.40. The van der Waals surface area contributed by atoms with Crippen molar-refractivity contribution in [2.24, 2.45) is 0 Å². The molecule has 3 aromatic rings. The van der Waals surface area contributed by atoms with Gasteiger partial charge < -0.3 is 14.5 Å². The number of nitrogens with zero attached hydrogens (tertiary/aromatic N) is 3. The highest BCUT2D eigenvalue weighted by atomic mass is 32.1. The first kappa shape index (κ1) is 21.0. The van der Waals surface area contributed by atoms with Gasteiger partial charge in [-0.1, -0.05) is 31.2 Å². The smallest absolute Gasteiger partial charge is 0.257 e. The number of hydrogen-bond donors (Lipinski definition) is 1. The number of para-hydroxylation sites is 1. The van der Waals surface area contributed by atoms with Crippen molar-refractivity contribution in [2.75, 3.05) is 26.7 Å². The fourth-order valence-corrected chi connectivity index (χ4v) is 3.69. The third-order valence-corrected chi connectivity index (χ3v) is 5.23. The average molecular weight is 415 g/mol. The van der Waals surface area contributed by atoms with Gasteiger partial charge in [0.25, 0.3) is 5.89 Å². The number of ether oxygens (including phenoxy) is 1. The lowest BCUT2D eigenvalue weighted by Crippen LogP contribution is -2.38. The van der Waals surface area contributed by atoms with Crippen LogP contribution in [0.2, 0.25) is 0 Å². The van der Waals surface area contributed by atoms with E-state index in [1.165, 1.54) is 0 Å². The number of thiophene rings is 1. The van der Waals surface area contributed by atoms with Crippen molar-refractivity contribution in [2.45, 2.75) is 26.3 Å². The summed E-state index contributed by atoms with van der Waals surface area (Å²) in [5, 5.41) is 13.2. The van der Waals surface area contributed by atoms with E-state index in [0.717, 1.165) is 35.6 Å². The second-order valence-electron chi connectivity index (χ2n) is 6.60. The standard InChI is InChI=1S/C21H26N4O3S/c1-3-12-25(15-20-23-24-21(28-20)18-9-6-13-29-18)14-19(26)22-11-10-16-7-4-5-8-17(16)27-2/h4-9,13H,3,10-12,14-15H2,1-2H3,(H,22,26). The Hall–Kier alpha value is -2.71. The number of rotatable bonds is 11. The molecule has 0 radical (unpaired) electrons. The molecule has 7 nitrogen and oxygen atoms in total. The first-order valence-corrected chi connectivity index (χ1v) is 10.5.